The number of hydrogen-bond acceptors (Lipinski definition) is 3. The monoisotopic (exact) mass is 346 g/mol. The number of anilines is 1. The summed E-state index contributed by atoms with van der Waals surface area (Å²) < 4.78 is 1.11. The van der Waals surface area contributed by atoms with Crippen molar-refractivity contribution in [3.8, 4) is 0 Å². The fourth-order valence-corrected chi connectivity index (χ4v) is 3.37. The lowest BCUT2D eigenvalue weighted by Gasteiger charge is -2.06. The van der Waals surface area contributed by atoms with Gasteiger partial charge in [-0.1, -0.05) is 28.1 Å². The lowest BCUT2D eigenvalue weighted by Crippen LogP contribution is -1.98. The molecule has 0 bridgehead atoms. The highest BCUT2D eigenvalue weighted by Crippen LogP contribution is 2.24. The summed E-state index contributed by atoms with van der Waals surface area (Å²) in [6.45, 7) is 4.95. The number of benzene rings is 2. The third-order valence-corrected chi connectivity index (χ3v) is 4.88. The van der Waals surface area contributed by atoms with Gasteiger partial charge >= 0.3 is 0 Å². The van der Waals surface area contributed by atoms with Crippen LogP contribution < -0.4 is 5.32 Å². The third kappa shape index (κ3) is 2.86. The van der Waals surface area contributed by atoms with Gasteiger partial charge in [0.05, 0.1) is 12.2 Å². The number of thiazole rings is 1. The van der Waals surface area contributed by atoms with Crippen molar-refractivity contribution < 1.29 is 0 Å². The molecule has 0 atom stereocenters. The van der Waals surface area contributed by atoms with Gasteiger partial charge in [-0.2, -0.15) is 0 Å². The summed E-state index contributed by atoms with van der Waals surface area (Å²) in [4.78, 5) is 5.85. The minimum Gasteiger partial charge on any atom is -0.379 e. The van der Waals surface area contributed by atoms with E-state index in [4.69, 9.17) is 0 Å². The van der Waals surface area contributed by atoms with Gasteiger partial charge in [0, 0.05) is 15.0 Å². The van der Waals surface area contributed by atoms with Gasteiger partial charge in [-0.05, 0) is 48.9 Å². The first kappa shape index (κ1) is 13.6. The lowest BCUT2D eigenvalue weighted by atomic mass is 10.1. The smallest absolute Gasteiger partial charge is 0.112 e. The van der Waals surface area contributed by atoms with E-state index in [-0.39, 0.29) is 0 Å². The van der Waals surface area contributed by atoms with Crippen molar-refractivity contribution in [2.75, 3.05) is 5.32 Å². The zero-order valence-electron chi connectivity index (χ0n) is 11.4. The Balaban J connectivity index is 1.79. The van der Waals surface area contributed by atoms with Gasteiger partial charge in [0.2, 0.25) is 0 Å². The van der Waals surface area contributed by atoms with Crippen molar-refractivity contribution >= 4 is 43.7 Å². The number of halogens is 1. The van der Waals surface area contributed by atoms with Crippen LogP contribution in [0.4, 0.5) is 5.69 Å². The summed E-state index contributed by atoms with van der Waals surface area (Å²) in [5, 5.41) is 7.06. The number of aromatic nitrogens is 1. The number of aryl methyl sites for hydroxylation is 2. The number of nitrogens with one attached hydrogen (secondary N) is 1. The number of hydrogen-bond donors (Lipinski definition) is 1. The first-order valence-electron chi connectivity index (χ1n) is 6.48. The molecule has 3 rings (SSSR count). The summed E-state index contributed by atoms with van der Waals surface area (Å²) in [5.41, 5.74) is 2.26. The molecular formula is C16H15BrN2S. The molecule has 0 saturated carbocycles. The van der Waals surface area contributed by atoms with Gasteiger partial charge < -0.3 is 5.32 Å². The molecule has 2 nitrogen and oxygen atoms in total. The molecule has 1 heterocycles. The number of nitrogens with zero attached hydrogens (tertiary/aromatic N) is 1. The molecule has 20 heavy (non-hydrogen) atoms. The standard InChI is InChI=1S/C16H15BrN2S/c1-10-11(2)20-16(19-10)9-18-15-6-4-12-7-14(17)5-3-13(12)8-15/h3-8,18H,9H2,1-2H3. The Morgan fingerprint density at radius 2 is 1.85 bits per heavy atom. The average Bonchev–Trinajstić information content (AvgIpc) is 2.75. The molecule has 1 N–H and O–H groups in total. The fourth-order valence-electron chi connectivity index (χ4n) is 2.12. The van der Waals surface area contributed by atoms with Crippen molar-refractivity contribution in [3.05, 3.63) is 56.4 Å². The second-order valence-electron chi connectivity index (χ2n) is 4.81. The van der Waals surface area contributed by atoms with E-state index in [1.165, 1.54) is 15.6 Å². The van der Waals surface area contributed by atoms with E-state index in [0.717, 1.165) is 27.4 Å². The first-order valence-corrected chi connectivity index (χ1v) is 8.09. The average molecular weight is 347 g/mol. The van der Waals surface area contributed by atoms with Crippen LogP contribution in [0.3, 0.4) is 0 Å². The normalized spacial score (nSPS) is 10.9. The molecule has 0 aliphatic carbocycles. The van der Waals surface area contributed by atoms with Crippen LogP contribution in [0.5, 0.6) is 0 Å². The summed E-state index contributed by atoms with van der Waals surface area (Å²) in [7, 11) is 0. The molecule has 102 valence electrons. The maximum atomic E-state index is 4.55. The Morgan fingerprint density at radius 1 is 1.10 bits per heavy atom. The molecule has 0 radical (unpaired) electrons. The Morgan fingerprint density at radius 3 is 2.60 bits per heavy atom. The minimum absolute atomic E-state index is 0.779. The van der Waals surface area contributed by atoms with Crippen LogP contribution in [-0.4, -0.2) is 4.98 Å². The molecule has 0 aliphatic rings. The highest BCUT2D eigenvalue weighted by Gasteiger charge is 2.03. The van der Waals surface area contributed by atoms with E-state index >= 15 is 0 Å². The van der Waals surface area contributed by atoms with E-state index in [9.17, 15) is 0 Å². The van der Waals surface area contributed by atoms with E-state index in [0.29, 0.717) is 0 Å². The van der Waals surface area contributed by atoms with Crippen molar-refractivity contribution in [2.24, 2.45) is 0 Å². The van der Waals surface area contributed by atoms with Crippen LogP contribution in [0.1, 0.15) is 15.6 Å². The van der Waals surface area contributed by atoms with Crippen LogP contribution in [0.15, 0.2) is 40.9 Å². The maximum absolute atomic E-state index is 4.55. The predicted molar refractivity (Wildman–Crippen MR) is 90.6 cm³/mol. The summed E-state index contributed by atoms with van der Waals surface area (Å²) in [5.74, 6) is 0. The SMILES string of the molecule is Cc1nc(CNc2ccc3cc(Br)ccc3c2)sc1C. The lowest BCUT2D eigenvalue weighted by molar-refractivity contribution is 1.07. The topological polar surface area (TPSA) is 24.9 Å². The Bertz CT molecular complexity index is 745. The highest BCUT2D eigenvalue weighted by molar-refractivity contribution is 9.10. The predicted octanol–water partition coefficient (Wildman–Crippen LogP) is 5.29. The molecule has 1 aromatic heterocycles. The van der Waals surface area contributed by atoms with E-state index in [1.54, 1.807) is 11.3 Å². The van der Waals surface area contributed by atoms with Gasteiger partial charge in [0.1, 0.15) is 5.01 Å². The molecular weight excluding hydrogens is 332 g/mol. The Hall–Kier alpha value is -1.39. The highest BCUT2D eigenvalue weighted by atomic mass is 79.9. The minimum atomic E-state index is 0.779. The molecule has 2 aromatic carbocycles. The van der Waals surface area contributed by atoms with Crippen LogP contribution in [-0.2, 0) is 6.54 Å². The molecule has 4 heteroatoms. The van der Waals surface area contributed by atoms with Crippen molar-refractivity contribution in [2.45, 2.75) is 20.4 Å². The summed E-state index contributed by atoms with van der Waals surface area (Å²) >= 11 is 5.26. The molecule has 0 unspecified atom stereocenters. The second-order valence-corrected chi connectivity index (χ2v) is 7.01. The molecule has 0 spiro atoms. The molecule has 0 aliphatic heterocycles. The van der Waals surface area contributed by atoms with E-state index in [1.807, 2.05) is 0 Å². The van der Waals surface area contributed by atoms with Gasteiger partial charge in [-0.15, -0.1) is 11.3 Å². The molecule has 0 amide bonds. The largest absolute Gasteiger partial charge is 0.379 e. The summed E-state index contributed by atoms with van der Waals surface area (Å²) in [6, 6.07) is 12.8. The third-order valence-electron chi connectivity index (χ3n) is 3.32. The van der Waals surface area contributed by atoms with E-state index in [2.05, 4.69) is 76.5 Å². The molecule has 0 fully saturated rings. The van der Waals surface area contributed by atoms with Gasteiger partial charge in [-0.25, -0.2) is 4.98 Å². The zero-order valence-corrected chi connectivity index (χ0v) is 13.8. The zero-order chi connectivity index (χ0) is 14.1. The van der Waals surface area contributed by atoms with Crippen LogP contribution in [0.25, 0.3) is 10.8 Å². The quantitative estimate of drug-likeness (QED) is 0.697. The number of rotatable bonds is 3. The van der Waals surface area contributed by atoms with Crippen molar-refractivity contribution in [3.63, 3.8) is 0 Å². The van der Waals surface area contributed by atoms with Crippen LogP contribution in [0.2, 0.25) is 0 Å². The fraction of sp³-hybridized carbons (Fsp3) is 0.188. The molecule has 0 saturated heterocycles. The van der Waals surface area contributed by atoms with Gasteiger partial charge in [-0.3, -0.25) is 0 Å². The van der Waals surface area contributed by atoms with Gasteiger partial charge in [0.25, 0.3) is 0 Å². The van der Waals surface area contributed by atoms with Crippen molar-refractivity contribution in [1.29, 1.82) is 0 Å². The van der Waals surface area contributed by atoms with Crippen LogP contribution in [0, 0.1) is 13.8 Å². The van der Waals surface area contributed by atoms with E-state index < -0.39 is 0 Å². The maximum Gasteiger partial charge on any atom is 0.112 e. The Labute approximate surface area is 131 Å². The van der Waals surface area contributed by atoms with Gasteiger partial charge in [0.15, 0.2) is 0 Å². The summed E-state index contributed by atoms with van der Waals surface area (Å²) in [6.07, 6.45) is 0. The van der Waals surface area contributed by atoms with Crippen molar-refractivity contribution in [1.82, 2.24) is 4.98 Å². The van der Waals surface area contributed by atoms with Crippen LogP contribution >= 0.6 is 27.3 Å². The Kier molecular flexibility index (Phi) is 3.76. The molecule has 3 aromatic rings. The first-order chi connectivity index (χ1) is 9.61. The number of fused-ring (bicyclic) bond motifs is 1. The second kappa shape index (κ2) is 5.54.